The van der Waals surface area contributed by atoms with Crippen molar-refractivity contribution < 1.29 is 9.59 Å². The zero-order chi connectivity index (χ0) is 25.5. The molecule has 5 nitrogen and oxygen atoms in total. The Morgan fingerprint density at radius 2 is 1.97 bits per heavy atom. The molecule has 0 bridgehead atoms. The van der Waals surface area contributed by atoms with Gasteiger partial charge in [-0.2, -0.15) is 0 Å². The van der Waals surface area contributed by atoms with Crippen LogP contribution >= 0.6 is 35.3 Å². The Bertz CT molecular complexity index is 1330. The van der Waals surface area contributed by atoms with Crippen molar-refractivity contribution >= 4 is 62.7 Å². The minimum atomic E-state index is -0.117. The maximum atomic E-state index is 12.9. The zero-order valence-electron chi connectivity index (χ0n) is 20.2. The quantitative estimate of drug-likeness (QED) is 0.248. The number of benzene rings is 2. The first-order valence-corrected chi connectivity index (χ1v) is 13.7. The highest BCUT2D eigenvalue weighted by Crippen LogP contribution is 2.32. The largest absolute Gasteiger partial charge is 0.302 e. The van der Waals surface area contributed by atoms with E-state index in [9.17, 15) is 9.59 Å². The van der Waals surface area contributed by atoms with Crippen LogP contribution in [0.15, 0.2) is 77.3 Å². The van der Waals surface area contributed by atoms with Gasteiger partial charge in [-0.25, -0.2) is 4.98 Å². The smallest absolute Gasteiger partial charge is 0.266 e. The second-order valence-corrected chi connectivity index (χ2v) is 11.4. The van der Waals surface area contributed by atoms with Gasteiger partial charge in [-0.05, 0) is 43.0 Å². The van der Waals surface area contributed by atoms with E-state index in [1.54, 1.807) is 4.90 Å². The van der Waals surface area contributed by atoms with Crippen LogP contribution in [-0.4, -0.2) is 32.6 Å². The van der Waals surface area contributed by atoms with Gasteiger partial charge in [-0.15, -0.1) is 11.3 Å². The maximum absolute atomic E-state index is 12.9. The number of carbonyl (C=O) groups is 2. The van der Waals surface area contributed by atoms with E-state index in [4.69, 9.17) is 12.2 Å². The Morgan fingerprint density at radius 3 is 2.75 bits per heavy atom. The highest BCUT2D eigenvalue weighted by atomic mass is 32.2. The van der Waals surface area contributed by atoms with Crippen LogP contribution in [0.2, 0.25) is 0 Å². The molecule has 1 aliphatic heterocycles. The third-order valence-corrected chi connectivity index (χ3v) is 7.76. The highest BCUT2D eigenvalue weighted by molar-refractivity contribution is 8.26. The second-order valence-electron chi connectivity index (χ2n) is 8.58. The van der Waals surface area contributed by atoms with Gasteiger partial charge >= 0.3 is 0 Å². The third kappa shape index (κ3) is 7.22. The molecule has 0 aliphatic carbocycles. The Labute approximate surface area is 225 Å². The first kappa shape index (κ1) is 26.0. The van der Waals surface area contributed by atoms with Gasteiger partial charge in [0.05, 0.1) is 4.91 Å². The molecule has 1 aromatic heterocycles. The number of thiocarbonyl (C=S) groups is 1. The summed E-state index contributed by atoms with van der Waals surface area (Å²) in [6, 6.07) is 18.3. The molecular formula is C28H27N3O2S3. The van der Waals surface area contributed by atoms with Crippen molar-refractivity contribution in [3.63, 3.8) is 0 Å². The van der Waals surface area contributed by atoms with Gasteiger partial charge in [-0.1, -0.05) is 90.2 Å². The molecule has 1 aliphatic rings. The summed E-state index contributed by atoms with van der Waals surface area (Å²) in [4.78, 5) is 32.9. The predicted molar refractivity (Wildman–Crippen MR) is 154 cm³/mol. The Morgan fingerprint density at radius 1 is 1.17 bits per heavy atom. The average molecular weight is 534 g/mol. The summed E-state index contributed by atoms with van der Waals surface area (Å²) >= 11 is 8.21. The van der Waals surface area contributed by atoms with Crippen LogP contribution in [0, 0.1) is 6.92 Å². The Balaban J connectivity index is 1.25. The fourth-order valence-electron chi connectivity index (χ4n) is 3.80. The van der Waals surface area contributed by atoms with Crippen LogP contribution < -0.4 is 5.32 Å². The molecule has 0 spiro atoms. The van der Waals surface area contributed by atoms with Crippen molar-refractivity contribution in [3.05, 3.63) is 98.9 Å². The normalized spacial score (nSPS) is 15.1. The van der Waals surface area contributed by atoms with Gasteiger partial charge < -0.3 is 5.32 Å². The monoisotopic (exact) mass is 533 g/mol. The summed E-state index contributed by atoms with van der Waals surface area (Å²) < 4.78 is 0.528. The van der Waals surface area contributed by atoms with Crippen molar-refractivity contribution in [1.82, 2.24) is 9.88 Å². The second kappa shape index (κ2) is 12.3. The van der Waals surface area contributed by atoms with E-state index in [1.807, 2.05) is 61.7 Å². The Kier molecular flexibility index (Phi) is 8.85. The SMILES string of the molecule is CC(/C=C1\SC(=S)N(CCCC(=O)Nc2ncc(Cc3cccc(C)c3)s2)C1=O)=C\c1ccccc1. The van der Waals surface area contributed by atoms with Crippen LogP contribution in [0.4, 0.5) is 5.13 Å². The number of hydrogen-bond acceptors (Lipinski definition) is 6. The average Bonchev–Trinajstić information content (AvgIpc) is 3.38. The number of thiazole rings is 1. The van der Waals surface area contributed by atoms with Gasteiger partial charge in [-0.3, -0.25) is 14.5 Å². The van der Waals surface area contributed by atoms with Crippen LogP contribution in [0.1, 0.15) is 41.3 Å². The third-order valence-electron chi connectivity index (χ3n) is 5.47. The van der Waals surface area contributed by atoms with Crippen molar-refractivity contribution in [1.29, 1.82) is 0 Å². The number of carbonyl (C=O) groups excluding carboxylic acids is 2. The molecule has 36 heavy (non-hydrogen) atoms. The lowest BCUT2D eigenvalue weighted by atomic mass is 10.1. The molecule has 2 amide bonds. The van der Waals surface area contributed by atoms with Gasteiger partial charge in [0.25, 0.3) is 5.91 Å². The van der Waals surface area contributed by atoms with Crippen LogP contribution in [0.3, 0.4) is 0 Å². The molecule has 3 aromatic rings. The van der Waals surface area contributed by atoms with Gasteiger partial charge in [0, 0.05) is 30.5 Å². The van der Waals surface area contributed by atoms with Crippen molar-refractivity contribution in [2.75, 3.05) is 11.9 Å². The number of aromatic nitrogens is 1. The number of rotatable bonds is 9. The van der Waals surface area contributed by atoms with Crippen LogP contribution in [-0.2, 0) is 16.0 Å². The lowest BCUT2D eigenvalue weighted by molar-refractivity contribution is -0.122. The first-order chi connectivity index (χ1) is 17.4. The standard InChI is InChI=1S/C28H27N3O2S3/c1-19-8-6-11-22(14-19)17-23-18-29-27(35-23)30-25(32)12-7-13-31-26(33)24(36-28(31)34)16-20(2)15-21-9-4-3-5-10-21/h3-6,8-11,14-16,18H,7,12-13,17H2,1-2H3,(H,29,30,32)/b20-15+,24-16-. The zero-order valence-corrected chi connectivity index (χ0v) is 22.6. The number of anilines is 1. The van der Waals surface area contributed by atoms with Crippen molar-refractivity contribution in [2.45, 2.75) is 33.1 Å². The van der Waals surface area contributed by atoms with Crippen molar-refractivity contribution in [2.24, 2.45) is 0 Å². The fourth-order valence-corrected chi connectivity index (χ4v) is 6.02. The van der Waals surface area contributed by atoms with Crippen LogP contribution in [0.25, 0.3) is 6.08 Å². The van der Waals surface area contributed by atoms with E-state index >= 15 is 0 Å². The van der Waals surface area contributed by atoms with Gasteiger partial charge in [0.2, 0.25) is 5.91 Å². The number of amides is 2. The number of allylic oxidation sites excluding steroid dienone is 2. The summed E-state index contributed by atoms with van der Waals surface area (Å²) in [6.45, 7) is 4.45. The molecule has 0 unspecified atom stereocenters. The van der Waals surface area contributed by atoms with E-state index in [0.29, 0.717) is 27.3 Å². The van der Waals surface area contributed by atoms with E-state index < -0.39 is 0 Å². The minimum absolute atomic E-state index is 0.105. The fraction of sp³-hybridized carbons (Fsp3) is 0.214. The van der Waals surface area contributed by atoms with Crippen LogP contribution in [0.5, 0.6) is 0 Å². The van der Waals surface area contributed by atoms with Crippen molar-refractivity contribution in [3.8, 4) is 0 Å². The molecule has 0 saturated carbocycles. The molecule has 2 heterocycles. The number of nitrogens with zero attached hydrogens (tertiary/aromatic N) is 2. The van der Waals surface area contributed by atoms with E-state index in [2.05, 4.69) is 35.4 Å². The summed E-state index contributed by atoms with van der Waals surface area (Å²) in [5.41, 5.74) is 4.50. The van der Waals surface area contributed by atoms with Gasteiger partial charge in [0.15, 0.2) is 5.13 Å². The number of nitrogens with one attached hydrogen (secondary N) is 1. The number of hydrogen-bond donors (Lipinski definition) is 1. The highest BCUT2D eigenvalue weighted by Gasteiger charge is 2.31. The molecule has 1 N–H and O–H groups in total. The molecule has 1 saturated heterocycles. The molecule has 0 radical (unpaired) electrons. The molecular weight excluding hydrogens is 507 g/mol. The maximum Gasteiger partial charge on any atom is 0.266 e. The van der Waals surface area contributed by atoms with E-state index in [-0.39, 0.29) is 18.2 Å². The summed E-state index contributed by atoms with van der Waals surface area (Å²) in [5.74, 6) is -0.221. The summed E-state index contributed by atoms with van der Waals surface area (Å²) in [5, 5.41) is 3.47. The predicted octanol–water partition coefficient (Wildman–Crippen LogP) is 6.61. The lowest BCUT2D eigenvalue weighted by Crippen LogP contribution is -2.29. The minimum Gasteiger partial charge on any atom is -0.302 e. The van der Waals surface area contributed by atoms with E-state index in [1.165, 1.54) is 34.2 Å². The molecule has 1 fully saturated rings. The molecule has 2 aromatic carbocycles. The summed E-state index contributed by atoms with van der Waals surface area (Å²) in [7, 11) is 0. The number of thioether (sulfide) groups is 1. The number of aryl methyl sites for hydroxylation is 1. The molecule has 184 valence electrons. The molecule has 8 heteroatoms. The van der Waals surface area contributed by atoms with Gasteiger partial charge in [0.1, 0.15) is 4.32 Å². The topological polar surface area (TPSA) is 62.3 Å². The summed E-state index contributed by atoms with van der Waals surface area (Å²) in [6.07, 6.45) is 7.31. The Hall–Kier alpha value is -3.07. The first-order valence-electron chi connectivity index (χ1n) is 11.7. The molecule has 0 atom stereocenters. The molecule has 4 rings (SSSR count). The lowest BCUT2D eigenvalue weighted by Gasteiger charge is -2.13. The van der Waals surface area contributed by atoms with E-state index in [0.717, 1.165) is 22.4 Å².